The van der Waals surface area contributed by atoms with Crippen LogP contribution in [0.3, 0.4) is 0 Å². The van der Waals surface area contributed by atoms with Crippen LogP contribution in [0.4, 0.5) is 20.2 Å². The fraction of sp³-hybridized carbons (Fsp3) is 0.348. The van der Waals surface area contributed by atoms with E-state index in [2.05, 4.69) is 0 Å². The van der Waals surface area contributed by atoms with Crippen molar-refractivity contribution in [1.82, 2.24) is 0 Å². The molecule has 1 aliphatic rings. The van der Waals surface area contributed by atoms with Crippen LogP contribution in [-0.2, 0) is 4.79 Å². The summed E-state index contributed by atoms with van der Waals surface area (Å²) in [4.78, 5) is 13.1. The third-order valence-corrected chi connectivity index (χ3v) is 8.20. The van der Waals surface area contributed by atoms with Gasteiger partial charge in [-0.2, -0.15) is 4.39 Å². The first-order valence-corrected chi connectivity index (χ1v) is 13.3. The molecule has 1 aliphatic heterocycles. The molecule has 3 N–H and O–H groups in total. The molecule has 2 atom stereocenters. The molecule has 0 aromatic heterocycles. The Bertz CT molecular complexity index is 1020. The molecule has 0 bridgehead atoms. The monoisotopic (exact) mass is 499 g/mol. The molecule has 0 saturated carbocycles. The summed E-state index contributed by atoms with van der Waals surface area (Å²) < 4.78 is 56.5. The summed E-state index contributed by atoms with van der Waals surface area (Å²) in [7, 11) is -3.91. The van der Waals surface area contributed by atoms with E-state index in [0.29, 0.717) is 23.3 Å². The SMILES string of the molecule is CCCC[C@H]1CN(c2ccccc2)c2cc(SC)c(O/C=C(\F)C(=O)O)cc2S(O)(O)[C@@H]1F. The van der Waals surface area contributed by atoms with Gasteiger partial charge in [0, 0.05) is 24.2 Å². The predicted octanol–water partition coefficient (Wildman–Crippen LogP) is 7.05. The number of fused-ring (bicyclic) bond motifs is 1. The molecular weight excluding hydrogens is 472 g/mol. The van der Waals surface area contributed by atoms with Crippen LogP contribution in [0, 0.1) is 5.92 Å². The summed E-state index contributed by atoms with van der Waals surface area (Å²) in [5.41, 5.74) is -0.722. The Morgan fingerprint density at radius 1 is 1.30 bits per heavy atom. The van der Waals surface area contributed by atoms with E-state index < -0.39 is 33.8 Å². The van der Waals surface area contributed by atoms with Crippen molar-refractivity contribution >= 4 is 39.7 Å². The molecule has 2 aromatic carbocycles. The van der Waals surface area contributed by atoms with Gasteiger partial charge in [-0.05, 0) is 30.9 Å². The van der Waals surface area contributed by atoms with Crippen LogP contribution in [0.5, 0.6) is 5.75 Å². The fourth-order valence-electron chi connectivity index (χ4n) is 3.75. The summed E-state index contributed by atoms with van der Waals surface area (Å²) in [6.07, 6.45) is 4.24. The van der Waals surface area contributed by atoms with Crippen LogP contribution in [-0.4, -0.2) is 38.5 Å². The molecule has 0 amide bonds. The zero-order valence-corrected chi connectivity index (χ0v) is 19.9. The maximum Gasteiger partial charge on any atom is 0.368 e. The van der Waals surface area contributed by atoms with Gasteiger partial charge in [0.15, 0.2) is 5.50 Å². The molecule has 33 heavy (non-hydrogen) atoms. The van der Waals surface area contributed by atoms with Gasteiger partial charge in [-0.3, -0.25) is 9.11 Å². The number of halogens is 2. The van der Waals surface area contributed by atoms with E-state index in [9.17, 15) is 18.3 Å². The molecule has 0 aliphatic carbocycles. The highest BCUT2D eigenvalue weighted by molar-refractivity contribution is 8.24. The summed E-state index contributed by atoms with van der Waals surface area (Å²) in [6, 6.07) is 12.2. The number of thioether (sulfide) groups is 1. The van der Waals surface area contributed by atoms with E-state index in [1.165, 1.54) is 17.8 Å². The van der Waals surface area contributed by atoms with Crippen molar-refractivity contribution in [2.45, 2.75) is 41.5 Å². The van der Waals surface area contributed by atoms with Crippen LogP contribution in [0.2, 0.25) is 0 Å². The van der Waals surface area contributed by atoms with Gasteiger partial charge in [-0.25, -0.2) is 9.18 Å². The van der Waals surface area contributed by atoms with Crippen LogP contribution in [0.15, 0.2) is 64.3 Å². The minimum Gasteiger partial charge on any atom is -0.476 e. The van der Waals surface area contributed by atoms with Crippen molar-refractivity contribution < 1.29 is 32.5 Å². The molecule has 0 saturated heterocycles. The maximum atomic E-state index is 15.6. The first-order valence-electron chi connectivity index (χ1n) is 10.4. The van der Waals surface area contributed by atoms with Gasteiger partial charge in [0.2, 0.25) is 5.83 Å². The Labute approximate surface area is 197 Å². The lowest BCUT2D eigenvalue weighted by Gasteiger charge is -2.37. The normalized spacial score (nSPS) is 21.2. The molecule has 0 unspecified atom stereocenters. The number of hydrogen-bond donors (Lipinski definition) is 3. The zero-order valence-electron chi connectivity index (χ0n) is 18.3. The van der Waals surface area contributed by atoms with E-state index in [-0.39, 0.29) is 17.2 Å². The fourth-order valence-corrected chi connectivity index (χ4v) is 6.04. The van der Waals surface area contributed by atoms with Gasteiger partial charge in [0.25, 0.3) is 0 Å². The highest BCUT2D eigenvalue weighted by atomic mass is 32.3. The highest BCUT2D eigenvalue weighted by Crippen LogP contribution is 2.63. The summed E-state index contributed by atoms with van der Waals surface area (Å²) in [5.74, 6) is -3.94. The Kier molecular flexibility index (Phi) is 8.28. The summed E-state index contributed by atoms with van der Waals surface area (Å²) in [6.45, 7) is 2.24. The third kappa shape index (κ3) is 5.46. The van der Waals surface area contributed by atoms with Gasteiger partial charge in [-0.1, -0.05) is 38.0 Å². The summed E-state index contributed by atoms with van der Waals surface area (Å²) >= 11 is 1.25. The van der Waals surface area contributed by atoms with Crippen LogP contribution >= 0.6 is 22.4 Å². The number of carbonyl (C=O) groups is 1. The van der Waals surface area contributed by atoms with Crippen molar-refractivity contribution in [3.05, 3.63) is 54.6 Å². The molecule has 2 aromatic rings. The van der Waals surface area contributed by atoms with Crippen molar-refractivity contribution in [2.75, 3.05) is 17.7 Å². The number of unbranched alkanes of at least 4 members (excludes halogenated alkanes) is 1. The number of nitrogens with zero attached hydrogens (tertiary/aromatic N) is 1. The standard InChI is InChI=1S/C23H27F2NO5S2/c1-3-4-8-15-13-26(16-9-6-5-7-10-16)18-11-20(32-2)19(31-14-17(24)23(27)28)12-21(18)33(29,30)22(15)25/h5-7,9-12,14-15,22,29-30H,3-4,8,13H2,1-2H3,(H,27,28)/b17-14-/t15-,22-/m0/s1. The van der Waals surface area contributed by atoms with Crippen molar-refractivity contribution in [2.24, 2.45) is 5.92 Å². The van der Waals surface area contributed by atoms with E-state index in [0.717, 1.165) is 18.5 Å². The lowest BCUT2D eigenvalue weighted by Crippen LogP contribution is -2.30. The van der Waals surface area contributed by atoms with Crippen LogP contribution < -0.4 is 9.64 Å². The van der Waals surface area contributed by atoms with E-state index in [1.807, 2.05) is 42.2 Å². The van der Waals surface area contributed by atoms with Gasteiger partial charge < -0.3 is 14.7 Å². The Morgan fingerprint density at radius 3 is 2.61 bits per heavy atom. The van der Waals surface area contributed by atoms with Gasteiger partial charge in [0.1, 0.15) is 12.0 Å². The molecule has 3 rings (SSSR count). The average Bonchev–Trinajstić information content (AvgIpc) is 2.89. The zero-order chi connectivity index (χ0) is 24.2. The lowest BCUT2D eigenvalue weighted by atomic mass is 10.0. The first kappa shape index (κ1) is 25.4. The van der Waals surface area contributed by atoms with E-state index >= 15 is 4.39 Å². The second-order valence-corrected chi connectivity index (χ2v) is 10.6. The molecular formula is C23H27F2NO5S2. The van der Waals surface area contributed by atoms with Crippen molar-refractivity contribution in [3.8, 4) is 5.75 Å². The van der Waals surface area contributed by atoms with E-state index in [1.54, 1.807) is 12.3 Å². The molecule has 6 nitrogen and oxygen atoms in total. The van der Waals surface area contributed by atoms with Crippen molar-refractivity contribution in [3.63, 3.8) is 0 Å². The van der Waals surface area contributed by atoms with Crippen molar-refractivity contribution in [1.29, 1.82) is 0 Å². The van der Waals surface area contributed by atoms with Gasteiger partial charge >= 0.3 is 5.97 Å². The Balaban J connectivity index is 2.19. The molecule has 10 heteroatoms. The maximum absolute atomic E-state index is 15.6. The largest absolute Gasteiger partial charge is 0.476 e. The number of ether oxygens (including phenoxy) is 1. The number of anilines is 2. The van der Waals surface area contributed by atoms with E-state index in [4.69, 9.17) is 9.84 Å². The minimum absolute atomic E-state index is 0.00449. The number of carboxylic acid groups (broad SMARTS) is 1. The van der Waals surface area contributed by atoms with Gasteiger partial charge in [-0.15, -0.1) is 22.4 Å². The number of para-hydroxylation sites is 1. The lowest BCUT2D eigenvalue weighted by molar-refractivity contribution is -0.134. The predicted molar refractivity (Wildman–Crippen MR) is 128 cm³/mol. The third-order valence-electron chi connectivity index (χ3n) is 5.45. The smallest absolute Gasteiger partial charge is 0.368 e. The van der Waals surface area contributed by atoms with Crippen LogP contribution in [0.25, 0.3) is 0 Å². The molecule has 180 valence electrons. The summed E-state index contributed by atoms with van der Waals surface area (Å²) in [5, 5.41) is 8.73. The number of aliphatic carboxylic acids is 1. The molecule has 0 radical (unpaired) electrons. The Hall–Kier alpha value is -2.27. The number of hydrogen-bond acceptors (Lipinski definition) is 6. The molecule has 0 spiro atoms. The number of benzene rings is 2. The number of carboxylic acids is 1. The highest BCUT2D eigenvalue weighted by Gasteiger charge is 2.42. The first-order chi connectivity index (χ1) is 15.7. The molecule has 1 heterocycles. The minimum atomic E-state index is -3.91. The van der Waals surface area contributed by atoms with Crippen LogP contribution in [0.1, 0.15) is 26.2 Å². The quantitative estimate of drug-likeness (QED) is 0.204. The molecule has 0 fully saturated rings. The second kappa shape index (κ2) is 10.8. The topological polar surface area (TPSA) is 90.2 Å². The average molecular weight is 500 g/mol. The number of alkyl halides is 1. The number of rotatable bonds is 8. The Morgan fingerprint density at radius 2 is 2.00 bits per heavy atom. The van der Waals surface area contributed by atoms with Gasteiger partial charge in [0.05, 0.1) is 15.5 Å². The second-order valence-electron chi connectivity index (χ2n) is 7.65.